The van der Waals surface area contributed by atoms with Crippen LogP contribution in [0, 0.1) is 0 Å². The smallest absolute Gasteiger partial charge is 0.239 e. The van der Waals surface area contributed by atoms with E-state index in [2.05, 4.69) is 10.6 Å². The van der Waals surface area contributed by atoms with E-state index in [0.29, 0.717) is 0 Å². The first-order chi connectivity index (χ1) is 11.5. The van der Waals surface area contributed by atoms with Crippen LogP contribution in [0.4, 0.5) is 11.4 Å². The summed E-state index contributed by atoms with van der Waals surface area (Å²) in [6.07, 6.45) is 0. The molecule has 0 fully saturated rings. The lowest BCUT2D eigenvalue weighted by molar-refractivity contribution is -0.120. The van der Waals surface area contributed by atoms with E-state index in [1.165, 1.54) is 6.92 Å². The molecule has 2 aromatic rings. The zero-order valence-electron chi connectivity index (χ0n) is 14.2. The van der Waals surface area contributed by atoms with Gasteiger partial charge in [-0.25, -0.2) is 0 Å². The van der Waals surface area contributed by atoms with E-state index in [9.17, 15) is 9.59 Å². The van der Waals surface area contributed by atoms with E-state index in [-0.39, 0.29) is 24.4 Å². The van der Waals surface area contributed by atoms with Crippen molar-refractivity contribution >= 4 is 23.2 Å². The zero-order valence-corrected chi connectivity index (χ0v) is 14.2. The quantitative estimate of drug-likeness (QED) is 0.858. The largest absolute Gasteiger partial charge is 0.376 e. The maximum Gasteiger partial charge on any atom is 0.239 e. The fraction of sp³-hybridized carbons (Fsp3) is 0.263. The van der Waals surface area contributed by atoms with Gasteiger partial charge in [0.05, 0.1) is 12.6 Å². The van der Waals surface area contributed by atoms with Crippen molar-refractivity contribution in [2.24, 2.45) is 0 Å². The van der Waals surface area contributed by atoms with Gasteiger partial charge in [0.1, 0.15) is 0 Å². The van der Waals surface area contributed by atoms with Gasteiger partial charge in [0.25, 0.3) is 0 Å². The third-order valence-corrected chi connectivity index (χ3v) is 3.86. The Morgan fingerprint density at radius 1 is 1.04 bits per heavy atom. The summed E-state index contributed by atoms with van der Waals surface area (Å²) in [5.74, 6) is -0.0960. The van der Waals surface area contributed by atoms with Gasteiger partial charge in [-0.3, -0.25) is 9.59 Å². The molecular formula is C19H23N3O2. The summed E-state index contributed by atoms with van der Waals surface area (Å²) in [7, 11) is 1.73. The summed E-state index contributed by atoms with van der Waals surface area (Å²) in [5, 5.41) is 6.04. The van der Waals surface area contributed by atoms with Crippen LogP contribution in [-0.4, -0.2) is 25.4 Å². The maximum atomic E-state index is 12.0. The SMILES string of the molecule is CC(=O)N(C)c1ccc(NCC(=O)NC(C)c2ccccc2)cc1. The molecular weight excluding hydrogens is 302 g/mol. The molecule has 2 aromatic carbocycles. The normalized spacial score (nSPS) is 11.5. The number of rotatable bonds is 6. The summed E-state index contributed by atoms with van der Waals surface area (Å²) in [5.41, 5.74) is 2.72. The standard InChI is InChI=1S/C19H23N3O2/c1-14(16-7-5-4-6-8-16)21-19(24)13-20-17-9-11-18(12-10-17)22(3)15(2)23/h4-12,14,20H,13H2,1-3H3,(H,21,24). The minimum Gasteiger partial charge on any atom is -0.376 e. The average molecular weight is 325 g/mol. The van der Waals surface area contributed by atoms with Crippen molar-refractivity contribution < 1.29 is 9.59 Å². The van der Waals surface area contributed by atoms with Gasteiger partial charge in [0.15, 0.2) is 0 Å². The predicted octanol–water partition coefficient (Wildman–Crippen LogP) is 2.96. The van der Waals surface area contributed by atoms with E-state index in [0.717, 1.165) is 16.9 Å². The lowest BCUT2D eigenvalue weighted by Gasteiger charge is -2.16. The molecule has 1 unspecified atom stereocenters. The first-order valence-corrected chi connectivity index (χ1v) is 7.90. The van der Waals surface area contributed by atoms with E-state index in [4.69, 9.17) is 0 Å². The molecule has 24 heavy (non-hydrogen) atoms. The minimum atomic E-state index is -0.0729. The highest BCUT2D eigenvalue weighted by Gasteiger charge is 2.09. The molecule has 5 heteroatoms. The van der Waals surface area contributed by atoms with Crippen LogP contribution < -0.4 is 15.5 Å². The second-order valence-corrected chi connectivity index (χ2v) is 5.68. The zero-order chi connectivity index (χ0) is 17.5. The number of carbonyl (C=O) groups is 2. The number of anilines is 2. The summed E-state index contributed by atoms with van der Waals surface area (Å²) in [6, 6.07) is 17.2. The predicted molar refractivity (Wildman–Crippen MR) is 97.0 cm³/mol. The number of amides is 2. The van der Waals surface area contributed by atoms with Crippen LogP contribution in [0.15, 0.2) is 54.6 Å². The number of benzene rings is 2. The van der Waals surface area contributed by atoms with Gasteiger partial charge in [0.2, 0.25) is 11.8 Å². The molecule has 2 N–H and O–H groups in total. The second-order valence-electron chi connectivity index (χ2n) is 5.68. The fourth-order valence-electron chi connectivity index (χ4n) is 2.28. The Labute approximate surface area is 142 Å². The maximum absolute atomic E-state index is 12.0. The highest BCUT2D eigenvalue weighted by Crippen LogP contribution is 2.17. The number of hydrogen-bond donors (Lipinski definition) is 2. The van der Waals surface area contributed by atoms with Gasteiger partial charge in [-0.05, 0) is 36.8 Å². The highest BCUT2D eigenvalue weighted by molar-refractivity contribution is 5.91. The van der Waals surface area contributed by atoms with Gasteiger partial charge in [-0.1, -0.05) is 30.3 Å². The van der Waals surface area contributed by atoms with Crippen molar-refractivity contribution in [1.82, 2.24) is 5.32 Å². The molecule has 0 aromatic heterocycles. The lowest BCUT2D eigenvalue weighted by Crippen LogP contribution is -2.32. The molecule has 5 nitrogen and oxygen atoms in total. The molecule has 2 rings (SSSR count). The summed E-state index contributed by atoms with van der Waals surface area (Å²) < 4.78 is 0. The number of nitrogens with zero attached hydrogens (tertiary/aromatic N) is 1. The van der Waals surface area contributed by atoms with Crippen molar-refractivity contribution in [1.29, 1.82) is 0 Å². The van der Waals surface area contributed by atoms with Crippen LogP contribution >= 0.6 is 0 Å². The van der Waals surface area contributed by atoms with Crippen LogP contribution in [0.3, 0.4) is 0 Å². The van der Waals surface area contributed by atoms with Crippen molar-refractivity contribution in [3.05, 3.63) is 60.2 Å². The Bertz CT molecular complexity index is 684. The van der Waals surface area contributed by atoms with Crippen molar-refractivity contribution in [3.8, 4) is 0 Å². The molecule has 126 valence electrons. The lowest BCUT2D eigenvalue weighted by atomic mass is 10.1. The molecule has 0 aliphatic rings. The van der Waals surface area contributed by atoms with Gasteiger partial charge in [0, 0.05) is 25.3 Å². The van der Waals surface area contributed by atoms with Crippen LogP contribution in [0.5, 0.6) is 0 Å². The molecule has 0 heterocycles. The minimum absolute atomic E-state index is 0.0232. The van der Waals surface area contributed by atoms with Crippen LogP contribution in [-0.2, 0) is 9.59 Å². The Morgan fingerprint density at radius 3 is 2.25 bits per heavy atom. The van der Waals surface area contributed by atoms with Gasteiger partial charge in [-0.2, -0.15) is 0 Å². The highest BCUT2D eigenvalue weighted by atomic mass is 16.2. The molecule has 0 aliphatic carbocycles. The van der Waals surface area contributed by atoms with Crippen LogP contribution in [0.1, 0.15) is 25.5 Å². The Hall–Kier alpha value is -2.82. The van der Waals surface area contributed by atoms with Crippen LogP contribution in [0.25, 0.3) is 0 Å². The van der Waals surface area contributed by atoms with Crippen molar-refractivity contribution in [2.75, 3.05) is 23.8 Å². The molecule has 0 spiro atoms. The van der Waals surface area contributed by atoms with E-state index in [1.54, 1.807) is 11.9 Å². The third-order valence-electron chi connectivity index (χ3n) is 3.86. The number of carbonyl (C=O) groups excluding carboxylic acids is 2. The van der Waals surface area contributed by atoms with Gasteiger partial charge >= 0.3 is 0 Å². The number of hydrogen-bond acceptors (Lipinski definition) is 3. The average Bonchev–Trinajstić information content (AvgIpc) is 2.60. The molecule has 0 radical (unpaired) electrons. The topological polar surface area (TPSA) is 61.4 Å². The van der Waals surface area contributed by atoms with Crippen molar-refractivity contribution in [3.63, 3.8) is 0 Å². The van der Waals surface area contributed by atoms with Gasteiger partial charge in [-0.15, -0.1) is 0 Å². The molecule has 0 saturated carbocycles. The fourth-order valence-corrected chi connectivity index (χ4v) is 2.28. The summed E-state index contributed by atoms with van der Waals surface area (Å²) in [6.45, 7) is 3.67. The number of nitrogens with one attached hydrogen (secondary N) is 2. The van der Waals surface area contributed by atoms with Crippen LogP contribution in [0.2, 0.25) is 0 Å². The molecule has 0 saturated heterocycles. The van der Waals surface area contributed by atoms with Gasteiger partial charge < -0.3 is 15.5 Å². The Morgan fingerprint density at radius 2 is 1.67 bits per heavy atom. The molecule has 1 atom stereocenters. The Kier molecular flexibility index (Phi) is 5.95. The van der Waals surface area contributed by atoms with Crippen molar-refractivity contribution in [2.45, 2.75) is 19.9 Å². The monoisotopic (exact) mass is 325 g/mol. The second kappa shape index (κ2) is 8.15. The Balaban J connectivity index is 1.84. The molecule has 0 bridgehead atoms. The first-order valence-electron chi connectivity index (χ1n) is 7.90. The third kappa shape index (κ3) is 4.84. The van der Waals surface area contributed by atoms with E-state index >= 15 is 0 Å². The molecule has 0 aliphatic heterocycles. The van der Waals surface area contributed by atoms with E-state index < -0.39 is 0 Å². The first kappa shape index (κ1) is 17.5. The molecule has 2 amide bonds. The summed E-state index contributed by atoms with van der Waals surface area (Å²) >= 11 is 0. The summed E-state index contributed by atoms with van der Waals surface area (Å²) in [4.78, 5) is 24.9. The van der Waals surface area contributed by atoms with E-state index in [1.807, 2.05) is 61.5 Å².